The number of aromatic nitrogens is 1. The van der Waals surface area contributed by atoms with Crippen molar-refractivity contribution in [1.82, 2.24) is 4.98 Å². The molecule has 0 spiro atoms. The van der Waals surface area contributed by atoms with Crippen LogP contribution < -0.4 is 0 Å². The Hall–Kier alpha value is -1.32. The number of oxazole rings is 1. The molecule has 1 aromatic heterocycles. The second-order valence-corrected chi connectivity index (χ2v) is 2.53. The Morgan fingerprint density at radius 3 is 2.75 bits per heavy atom. The fraction of sp³-hybridized carbons (Fsp3) is 0.500. The zero-order chi connectivity index (χ0) is 9.14. The Morgan fingerprint density at radius 1 is 1.67 bits per heavy atom. The van der Waals surface area contributed by atoms with Gasteiger partial charge in [0.1, 0.15) is 12.2 Å². The molecule has 12 heavy (non-hydrogen) atoms. The average molecular weight is 169 g/mol. The molecule has 66 valence electrons. The number of aryl methyl sites for hydroxylation is 2. The fourth-order valence-corrected chi connectivity index (χ4v) is 1.02. The summed E-state index contributed by atoms with van der Waals surface area (Å²) in [4.78, 5) is 14.3. The number of hydrogen-bond donors (Lipinski definition) is 1. The first-order valence-corrected chi connectivity index (χ1v) is 3.80. The van der Waals surface area contributed by atoms with Gasteiger partial charge in [0.05, 0.1) is 5.69 Å². The minimum absolute atomic E-state index is 0.138. The van der Waals surface area contributed by atoms with Gasteiger partial charge in [-0.3, -0.25) is 4.79 Å². The number of carboxylic acid groups (broad SMARTS) is 1. The Bertz CT molecular complexity index is 290. The summed E-state index contributed by atoms with van der Waals surface area (Å²) in [6.45, 7) is 3.74. The van der Waals surface area contributed by atoms with Crippen LogP contribution in [0.25, 0.3) is 0 Å². The van der Waals surface area contributed by atoms with Gasteiger partial charge in [-0.05, 0) is 13.3 Å². The van der Waals surface area contributed by atoms with Crippen molar-refractivity contribution in [3.8, 4) is 0 Å². The van der Waals surface area contributed by atoms with Crippen LogP contribution >= 0.6 is 0 Å². The molecule has 0 bridgehead atoms. The summed E-state index contributed by atoms with van der Waals surface area (Å²) in [5.41, 5.74) is 0.839. The second-order valence-electron chi connectivity index (χ2n) is 2.53. The smallest absolute Gasteiger partial charge is 0.312 e. The van der Waals surface area contributed by atoms with Gasteiger partial charge in [0.2, 0.25) is 5.89 Å². The molecule has 0 unspecified atom stereocenters. The maximum Gasteiger partial charge on any atom is 0.312 e. The predicted molar refractivity (Wildman–Crippen MR) is 42.0 cm³/mol. The maximum absolute atomic E-state index is 10.3. The molecule has 1 heterocycles. The summed E-state index contributed by atoms with van der Waals surface area (Å²) in [6.07, 6.45) is 0.635. The monoisotopic (exact) mass is 169 g/mol. The van der Waals surface area contributed by atoms with E-state index in [-0.39, 0.29) is 12.3 Å². The van der Waals surface area contributed by atoms with Crippen molar-refractivity contribution in [3.63, 3.8) is 0 Å². The molecule has 0 aliphatic rings. The van der Waals surface area contributed by atoms with Gasteiger partial charge >= 0.3 is 5.97 Å². The van der Waals surface area contributed by atoms with Crippen molar-refractivity contribution >= 4 is 5.97 Å². The van der Waals surface area contributed by atoms with Gasteiger partial charge in [-0.2, -0.15) is 0 Å². The van der Waals surface area contributed by atoms with Crippen molar-refractivity contribution < 1.29 is 14.3 Å². The fourth-order valence-electron chi connectivity index (χ4n) is 1.02. The van der Waals surface area contributed by atoms with Crippen LogP contribution in [0.2, 0.25) is 0 Å². The quantitative estimate of drug-likeness (QED) is 0.737. The molecule has 1 rings (SSSR count). The lowest BCUT2D eigenvalue weighted by molar-refractivity contribution is -0.136. The normalized spacial score (nSPS) is 10.2. The summed E-state index contributed by atoms with van der Waals surface area (Å²) in [6, 6.07) is 0. The van der Waals surface area contributed by atoms with E-state index < -0.39 is 5.97 Å². The molecular formula is C8H11NO3. The van der Waals surface area contributed by atoms with E-state index in [2.05, 4.69) is 4.98 Å². The van der Waals surface area contributed by atoms with Gasteiger partial charge < -0.3 is 9.52 Å². The van der Waals surface area contributed by atoms with E-state index in [1.165, 1.54) is 0 Å². The predicted octanol–water partition coefficient (Wildman–Crippen LogP) is 1.17. The SMILES string of the molecule is CCc1nc(CC(=O)O)oc1C. The van der Waals surface area contributed by atoms with Crippen molar-refractivity contribution in [1.29, 1.82) is 0 Å². The molecule has 1 aromatic rings. The van der Waals surface area contributed by atoms with Crippen LogP contribution in [0.3, 0.4) is 0 Å². The molecular weight excluding hydrogens is 158 g/mol. The lowest BCUT2D eigenvalue weighted by Gasteiger charge is -1.85. The van der Waals surface area contributed by atoms with E-state index in [0.29, 0.717) is 5.76 Å². The average Bonchev–Trinajstić information content (AvgIpc) is 2.29. The molecule has 0 fully saturated rings. The van der Waals surface area contributed by atoms with Crippen molar-refractivity contribution in [2.75, 3.05) is 0 Å². The second kappa shape index (κ2) is 3.38. The topological polar surface area (TPSA) is 63.3 Å². The molecule has 0 radical (unpaired) electrons. The zero-order valence-corrected chi connectivity index (χ0v) is 7.13. The van der Waals surface area contributed by atoms with E-state index in [9.17, 15) is 4.79 Å². The van der Waals surface area contributed by atoms with Crippen molar-refractivity contribution in [3.05, 3.63) is 17.3 Å². The van der Waals surface area contributed by atoms with Crippen molar-refractivity contribution in [2.45, 2.75) is 26.7 Å². The van der Waals surface area contributed by atoms with E-state index in [0.717, 1.165) is 12.1 Å². The number of rotatable bonds is 3. The van der Waals surface area contributed by atoms with Crippen LogP contribution in [0.1, 0.15) is 24.3 Å². The number of nitrogens with zero attached hydrogens (tertiary/aromatic N) is 1. The minimum atomic E-state index is -0.918. The van der Waals surface area contributed by atoms with Gasteiger partial charge in [-0.25, -0.2) is 4.98 Å². The third kappa shape index (κ3) is 1.84. The third-order valence-corrected chi connectivity index (χ3v) is 1.57. The molecule has 0 atom stereocenters. The van der Waals surface area contributed by atoms with Crippen LogP contribution in [0, 0.1) is 6.92 Å². The van der Waals surface area contributed by atoms with E-state index in [4.69, 9.17) is 9.52 Å². The summed E-state index contributed by atoms with van der Waals surface area (Å²) < 4.78 is 5.12. The highest BCUT2D eigenvalue weighted by molar-refractivity contribution is 5.68. The van der Waals surface area contributed by atoms with E-state index in [1.807, 2.05) is 6.92 Å². The van der Waals surface area contributed by atoms with Crippen LogP contribution in [0.15, 0.2) is 4.42 Å². The third-order valence-electron chi connectivity index (χ3n) is 1.57. The van der Waals surface area contributed by atoms with Crippen LogP contribution in [0.5, 0.6) is 0 Å². The highest BCUT2D eigenvalue weighted by Gasteiger charge is 2.10. The molecule has 0 saturated heterocycles. The maximum atomic E-state index is 10.3. The van der Waals surface area contributed by atoms with E-state index >= 15 is 0 Å². The molecule has 4 nitrogen and oxygen atoms in total. The first kappa shape index (κ1) is 8.77. The molecule has 4 heteroatoms. The standard InChI is InChI=1S/C8H11NO3/c1-3-6-5(2)12-7(9-6)4-8(10)11/h3-4H2,1-2H3,(H,10,11). The number of carboxylic acids is 1. The minimum Gasteiger partial charge on any atom is -0.481 e. The largest absolute Gasteiger partial charge is 0.481 e. The van der Waals surface area contributed by atoms with Gasteiger partial charge in [0.25, 0.3) is 0 Å². The first-order chi connectivity index (χ1) is 5.63. The van der Waals surface area contributed by atoms with Gasteiger partial charge in [-0.1, -0.05) is 6.92 Å². The number of hydrogen-bond acceptors (Lipinski definition) is 3. The Balaban J connectivity index is 2.82. The lowest BCUT2D eigenvalue weighted by Crippen LogP contribution is -2.00. The summed E-state index contributed by atoms with van der Waals surface area (Å²) in [5.74, 6) is 0.0875. The van der Waals surface area contributed by atoms with Crippen LogP contribution in [0.4, 0.5) is 0 Å². The highest BCUT2D eigenvalue weighted by atomic mass is 16.4. The molecule has 0 aliphatic carbocycles. The number of aliphatic carboxylic acids is 1. The van der Waals surface area contributed by atoms with Crippen LogP contribution in [-0.2, 0) is 17.6 Å². The molecule has 0 aliphatic heterocycles. The molecule has 1 N–H and O–H groups in total. The highest BCUT2D eigenvalue weighted by Crippen LogP contribution is 2.10. The molecule has 0 amide bonds. The number of carbonyl (C=O) groups is 1. The lowest BCUT2D eigenvalue weighted by atomic mass is 10.3. The molecule has 0 aromatic carbocycles. The van der Waals surface area contributed by atoms with Gasteiger partial charge in [0.15, 0.2) is 0 Å². The Kier molecular flexibility index (Phi) is 2.47. The summed E-state index contributed by atoms with van der Waals surface area (Å²) in [7, 11) is 0. The zero-order valence-electron chi connectivity index (χ0n) is 7.13. The first-order valence-electron chi connectivity index (χ1n) is 3.80. The summed E-state index contributed by atoms with van der Waals surface area (Å²) >= 11 is 0. The Labute approximate surface area is 70.2 Å². The van der Waals surface area contributed by atoms with Crippen molar-refractivity contribution in [2.24, 2.45) is 0 Å². The Morgan fingerprint density at radius 2 is 2.33 bits per heavy atom. The van der Waals surface area contributed by atoms with Crippen LogP contribution in [-0.4, -0.2) is 16.1 Å². The summed E-state index contributed by atoms with van der Waals surface area (Å²) in [5, 5.41) is 8.44. The molecule has 0 saturated carbocycles. The van der Waals surface area contributed by atoms with Gasteiger partial charge in [0, 0.05) is 0 Å². The van der Waals surface area contributed by atoms with Gasteiger partial charge in [-0.15, -0.1) is 0 Å². The van der Waals surface area contributed by atoms with E-state index in [1.54, 1.807) is 6.92 Å².